The van der Waals surface area contributed by atoms with Gasteiger partial charge in [0.05, 0.1) is 29.6 Å². The van der Waals surface area contributed by atoms with Crippen molar-refractivity contribution in [1.82, 2.24) is 0 Å². The zero-order valence-corrected chi connectivity index (χ0v) is 17.6. The summed E-state index contributed by atoms with van der Waals surface area (Å²) in [6.07, 6.45) is 0.995. The predicted molar refractivity (Wildman–Crippen MR) is 110 cm³/mol. The minimum absolute atomic E-state index is 0.0735. The zero-order chi connectivity index (χ0) is 21.1. The smallest absolute Gasteiger partial charge is 0.339 e. The predicted octanol–water partition coefficient (Wildman–Crippen LogP) is 3.57. The van der Waals surface area contributed by atoms with Crippen LogP contribution >= 0.6 is 23.2 Å². The van der Waals surface area contributed by atoms with Crippen LogP contribution in [0.4, 0.5) is 11.4 Å². The number of benzene rings is 2. The molecule has 2 rings (SSSR count). The number of esters is 1. The minimum atomic E-state index is -3.78. The number of nitrogens with one attached hydrogen (secondary N) is 1. The van der Waals surface area contributed by atoms with E-state index in [2.05, 4.69) is 10.1 Å². The van der Waals surface area contributed by atoms with Crippen molar-refractivity contribution in [3.05, 3.63) is 58.1 Å². The van der Waals surface area contributed by atoms with Gasteiger partial charge in [0.25, 0.3) is 0 Å². The van der Waals surface area contributed by atoms with E-state index < -0.39 is 27.9 Å². The van der Waals surface area contributed by atoms with Crippen LogP contribution < -0.4 is 9.62 Å². The summed E-state index contributed by atoms with van der Waals surface area (Å²) in [6.45, 7) is 1.44. The fourth-order valence-corrected chi connectivity index (χ4v) is 4.08. The van der Waals surface area contributed by atoms with Crippen LogP contribution in [0.25, 0.3) is 0 Å². The summed E-state index contributed by atoms with van der Waals surface area (Å²) in [4.78, 5) is 24.4. The first kappa shape index (κ1) is 22.0. The van der Waals surface area contributed by atoms with Crippen LogP contribution in [0.2, 0.25) is 10.0 Å². The summed E-state index contributed by atoms with van der Waals surface area (Å²) in [7, 11) is -2.58. The van der Waals surface area contributed by atoms with Gasteiger partial charge in [0.15, 0.2) is 0 Å². The molecule has 0 aromatic heterocycles. The molecule has 0 aliphatic rings. The number of carbonyl (C=O) groups excluding carboxylic acids is 2. The molecule has 0 radical (unpaired) electrons. The van der Waals surface area contributed by atoms with Crippen molar-refractivity contribution >= 4 is 56.5 Å². The number of hydrogen-bond acceptors (Lipinski definition) is 5. The van der Waals surface area contributed by atoms with Crippen LogP contribution in [0.5, 0.6) is 0 Å². The maximum Gasteiger partial charge on any atom is 0.339 e. The van der Waals surface area contributed by atoms with Crippen LogP contribution in [0.3, 0.4) is 0 Å². The van der Waals surface area contributed by atoms with Gasteiger partial charge in [-0.05, 0) is 43.3 Å². The maximum absolute atomic E-state index is 12.7. The molecule has 150 valence electrons. The molecule has 0 saturated heterocycles. The standard InChI is InChI=1S/C18H18Cl2N2O5S/c1-11(22(28(3,25)26)14-6-4-5-12(19)9-14)17(23)21-13-7-8-16(20)15(10-13)18(24)27-2/h4-11H,1-3H3,(H,21,23)/t11-/m1/s1. The number of hydrogen-bond donors (Lipinski definition) is 1. The first-order valence-electron chi connectivity index (χ1n) is 7.98. The van der Waals surface area contributed by atoms with Crippen LogP contribution in [0.15, 0.2) is 42.5 Å². The van der Waals surface area contributed by atoms with Crippen LogP contribution in [-0.2, 0) is 19.6 Å². The Labute approximate surface area is 173 Å². The second-order valence-corrected chi connectivity index (χ2v) is 8.59. The molecule has 7 nitrogen and oxygen atoms in total. The normalized spacial score (nSPS) is 12.2. The number of methoxy groups -OCH3 is 1. The summed E-state index contributed by atoms with van der Waals surface area (Å²) in [5.41, 5.74) is 0.592. The van der Waals surface area contributed by atoms with Crippen molar-refractivity contribution in [3.8, 4) is 0 Å². The van der Waals surface area contributed by atoms with E-state index in [1.807, 2.05) is 0 Å². The van der Waals surface area contributed by atoms with Gasteiger partial charge >= 0.3 is 5.97 Å². The number of halogens is 2. The molecular formula is C18H18Cl2N2O5S. The number of carbonyl (C=O) groups is 2. The Balaban J connectivity index is 2.33. The third-order valence-electron chi connectivity index (χ3n) is 3.79. The first-order valence-corrected chi connectivity index (χ1v) is 10.6. The molecule has 2 aromatic rings. The van der Waals surface area contributed by atoms with Crippen molar-refractivity contribution in [3.63, 3.8) is 0 Å². The van der Waals surface area contributed by atoms with Gasteiger partial charge in [-0.2, -0.15) is 0 Å². The van der Waals surface area contributed by atoms with E-state index in [1.54, 1.807) is 12.1 Å². The second-order valence-electron chi connectivity index (χ2n) is 5.89. The van der Waals surface area contributed by atoms with Gasteiger partial charge < -0.3 is 10.1 Å². The van der Waals surface area contributed by atoms with E-state index in [-0.39, 0.29) is 22.0 Å². The van der Waals surface area contributed by atoms with Crippen molar-refractivity contribution < 1.29 is 22.7 Å². The Morgan fingerprint density at radius 3 is 2.39 bits per heavy atom. The highest BCUT2D eigenvalue weighted by molar-refractivity contribution is 7.92. The van der Waals surface area contributed by atoms with Crippen molar-refractivity contribution in [2.75, 3.05) is 23.0 Å². The van der Waals surface area contributed by atoms with E-state index in [4.69, 9.17) is 23.2 Å². The third-order valence-corrected chi connectivity index (χ3v) is 5.60. The second kappa shape index (κ2) is 8.81. The summed E-state index contributed by atoms with van der Waals surface area (Å²) >= 11 is 11.9. The molecule has 1 N–H and O–H groups in total. The Morgan fingerprint density at radius 1 is 1.14 bits per heavy atom. The van der Waals surface area contributed by atoms with Crippen LogP contribution in [0.1, 0.15) is 17.3 Å². The number of amides is 1. The van der Waals surface area contributed by atoms with Crippen LogP contribution in [0, 0.1) is 0 Å². The molecular weight excluding hydrogens is 427 g/mol. The fourth-order valence-electron chi connectivity index (χ4n) is 2.54. The molecule has 0 fully saturated rings. The lowest BCUT2D eigenvalue weighted by molar-refractivity contribution is -0.116. The number of ether oxygens (including phenoxy) is 1. The molecule has 0 aliphatic heterocycles. The molecule has 1 atom stereocenters. The zero-order valence-electron chi connectivity index (χ0n) is 15.3. The SMILES string of the molecule is COC(=O)c1cc(NC(=O)[C@@H](C)N(c2cccc(Cl)c2)S(C)(=O)=O)ccc1Cl. The Bertz CT molecular complexity index is 1010. The summed E-state index contributed by atoms with van der Waals surface area (Å²) in [5, 5.41) is 3.07. The molecule has 0 spiro atoms. The molecule has 2 aromatic carbocycles. The lowest BCUT2D eigenvalue weighted by atomic mass is 10.2. The van der Waals surface area contributed by atoms with E-state index in [0.29, 0.717) is 5.02 Å². The van der Waals surface area contributed by atoms with E-state index in [1.165, 1.54) is 44.4 Å². The van der Waals surface area contributed by atoms with Gasteiger partial charge in [-0.1, -0.05) is 29.3 Å². The molecule has 0 saturated carbocycles. The number of nitrogens with zero attached hydrogens (tertiary/aromatic N) is 1. The van der Waals surface area contributed by atoms with E-state index >= 15 is 0 Å². The number of sulfonamides is 1. The topological polar surface area (TPSA) is 92.8 Å². The summed E-state index contributed by atoms with van der Waals surface area (Å²) in [5.74, 6) is -1.27. The molecule has 0 heterocycles. The van der Waals surface area contributed by atoms with Gasteiger partial charge in [0, 0.05) is 10.7 Å². The van der Waals surface area contributed by atoms with Gasteiger partial charge in [0.1, 0.15) is 6.04 Å². The van der Waals surface area contributed by atoms with Crippen molar-refractivity contribution in [2.24, 2.45) is 0 Å². The first-order chi connectivity index (χ1) is 13.0. The molecule has 0 aliphatic carbocycles. The van der Waals surface area contributed by atoms with Gasteiger partial charge in [0.2, 0.25) is 15.9 Å². The molecule has 0 unspecified atom stereocenters. The molecule has 28 heavy (non-hydrogen) atoms. The highest BCUT2D eigenvalue weighted by Gasteiger charge is 2.29. The highest BCUT2D eigenvalue weighted by atomic mass is 35.5. The van der Waals surface area contributed by atoms with E-state index in [9.17, 15) is 18.0 Å². The van der Waals surface area contributed by atoms with E-state index in [0.717, 1.165) is 10.6 Å². The highest BCUT2D eigenvalue weighted by Crippen LogP contribution is 2.26. The largest absolute Gasteiger partial charge is 0.465 e. The summed E-state index contributed by atoms with van der Waals surface area (Å²) < 4.78 is 30.2. The Morgan fingerprint density at radius 2 is 1.82 bits per heavy atom. The lowest BCUT2D eigenvalue weighted by Gasteiger charge is -2.28. The molecule has 10 heteroatoms. The average Bonchev–Trinajstić information content (AvgIpc) is 2.61. The quantitative estimate of drug-likeness (QED) is 0.687. The lowest BCUT2D eigenvalue weighted by Crippen LogP contribution is -2.45. The molecule has 1 amide bonds. The number of anilines is 2. The fraction of sp³-hybridized carbons (Fsp3) is 0.222. The van der Waals surface area contributed by atoms with Gasteiger partial charge in [-0.25, -0.2) is 13.2 Å². The average molecular weight is 445 g/mol. The third kappa shape index (κ3) is 5.15. The van der Waals surface area contributed by atoms with Gasteiger partial charge in [-0.3, -0.25) is 9.10 Å². The molecule has 0 bridgehead atoms. The minimum Gasteiger partial charge on any atom is -0.465 e. The van der Waals surface area contributed by atoms with Crippen molar-refractivity contribution in [2.45, 2.75) is 13.0 Å². The monoisotopic (exact) mass is 444 g/mol. The summed E-state index contributed by atoms with van der Waals surface area (Å²) in [6, 6.07) is 9.34. The van der Waals surface area contributed by atoms with Crippen molar-refractivity contribution in [1.29, 1.82) is 0 Å². The maximum atomic E-state index is 12.7. The van der Waals surface area contributed by atoms with Gasteiger partial charge in [-0.15, -0.1) is 0 Å². The Hall–Kier alpha value is -2.29. The number of rotatable bonds is 6. The Kier molecular flexibility index (Phi) is 6.92. The van der Waals surface area contributed by atoms with Crippen LogP contribution in [-0.4, -0.2) is 39.7 Å².